The van der Waals surface area contributed by atoms with Gasteiger partial charge in [0.1, 0.15) is 0 Å². The second-order valence-corrected chi connectivity index (χ2v) is 8.55. The quantitative estimate of drug-likeness (QED) is 0.849. The van der Waals surface area contributed by atoms with Crippen LogP contribution in [-0.2, 0) is 16.6 Å². The van der Waals surface area contributed by atoms with E-state index in [1.807, 2.05) is 0 Å². The monoisotopic (exact) mass is 375 g/mol. The van der Waals surface area contributed by atoms with Crippen molar-refractivity contribution in [1.29, 1.82) is 0 Å². The molecule has 1 aliphatic carbocycles. The molecule has 0 amide bonds. The molecule has 1 saturated carbocycles. The third-order valence-electron chi connectivity index (χ3n) is 4.39. The highest BCUT2D eigenvalue weighted by molar-refractivity contribution is 9.10. The Labute approximate surface area is 135 Å². The first kappa shape index (κ1) is 16.9. The van der Waals surface area contributed by atoms with Crippen LogP contribution in [-0.4, -0.2) is 19.6 Å². The molecule has 4 nitrogen and oxygen atoms in total. The molecular weight excluding hydrogens is 354 g/mol. The van der Waals surface area contributed by atoms with Crippen LogP contribution in [0.25, 0.3) is 0 Å². The second kappa shape index (κ2) is 6.77. The summed E-state index contributed by atoms with van der Waals surface area (Å²) in [4.78, 5) is 0.195. The first-order valence-electron chi connectivity index (χ1n) is 7.25. The average Bonchev–Trinajstić information content (AvgIpc) is 2.43. The van der Waals surface area contributed by atoms with Crippen molar-refractivity contribution in [2.45, 2.75) is 50.7 Å². The molecule has 2 N–H and O–H groups in total. The number of aliphatic hydroxyl groups excluding tert-OH is 1. The topological polar surface area (TPSA) is 66.4 Å². The summed E-state index contributed by atoms with van der Waals surface area (Å²) in [5.41, 5.74) is 0.587. The molecule has 1 fully saturated rings. The van der Waals surface area contributed by atoms with Crippen molar-refractivity contribution >= 4 is 26.0 Å². The summed E-state index contributed by atoms with van der Waals surface area (Å²) in [6.45, 7) is 4.22. The molecule has 2 rings (SSSR count). The Morgan fingerprint density at radius 2 is 2.00 bits per heavy atom. The van der Waals surface area contributed by atoms with E-state index in [0.717, 1.165) is 19.3 Å². The molecule has 3 atom stereocenters. The number of sulfonamides is 1. The van der Waals surface area contributed by atoms with Crippen LogP contribution >= 0.6 is 15.9 Å². The highest BCUT2D eigenvalue weighted by Crippen LogP contribution is 2.31. The predicted molar refractivity (Wildman–Crippen MR) is 86.4 cm³/mol. The minimum Gasteiger partial charge on any atom is -0.392 e. The zero-order chi connectivity index (χ0) is 15.6. The van der Waals surface area contributed by atoms with Gasteiger partial charge in [0.2, 0.25) is 10.0 Å². The predicted octanol–water partition coefficient (Wildman–Crippen LogP) is 3.04. The van der Waals surface area contributed by atoms with Crippen LogP contribution in [0.1, 0.15) is 38.7 Å². The van der Waals surface area contributed by atoms with Crippen LogP contribution in [0.5, 0.6) is 0 Å². The highest BCUT2D eigenvalue weighted by Gasteiger charge is 2.29. The minimum atomic E-state index is -3.57. The van der Waals surface area contributed by atoms with Crippen molar-refractivity contribution in [3.05, 3.63) is 28.2 Å². The van der Waals surface area contributed by atoms with Gasteiger partial charge in [-0.1, -0.05) is 19.9 Å². The molecule has 0 spiro atoms. The van der Waals surface area contributed by atoms with E-state index < -0.39 is 10.0 Å². The van der Waals surface area contributed by atoms with Crippen molar-refractivity contribution in [2.75, 3.05) is 0 Å². The molecule has 0 bridgehead atoms. The number of rotatable bonds is 4. The van der Waals surface area contributed by atoms with Crippen molar-refractivity contribution in [2.24, 2.45) is 11.8 Å². The van der Waals surface area contributed by atoms with Gasteiger partial charge in [-0.2, -0.15) is 0 Å². The van der Waals surface area contributed by atoms with Crippen LogP contribution in [0.4, 0.5) is 0 Å². The highest BCUT2D eigenvalue weighted by atomic mass is 79.9. The Morgan fingerprint density at radius 3 is 2.62 bits per heavy atom. The molecule has 0 heterocycles. The number of benzene rings is 1. The zero-order valence-electron chi connectivity index (χ0n) is 12.3. The molecule has 0 saturated heterocycles. The Hall–Kier alpha value is -0.430. The second-order valence-electron chi connectivity index (χ2n) is 6.01. The van der Waals surface area contributed by atoms with Gasteiger partial charge in [-0.3, -0.25) is 0 Å². The normalized spacial score (nSPS) is 26.8. The Bertz CT molecular complexity index is 603. The van der Waals surface area contributed by atoms with Gasteiger partial charge in [-0.25, -0.2) is 13.1 Å². The number of aliphatic hydroxyl groups is 1. The van der Waals surface area contributed by atoms with E-state index in [0.29, 0.717) is 21.9 Å². The van der Waals surface area contributed by atoms with Gasteiger partial charge in [0.25, 0.3) is 0 Å². The molecule has 0 aliphatic heterocycles. The summed E-state index contributed by atoms with van der Waals surface area (Å²) in [6, 6.07) is 4.87. The van der Waals surface area contributed by atoms with Gasteiger partial charge >= 0.3 is 0 Å². The fourth-order valence-corrected chi connectivity index (χ4v) is 5.09. The molecule has 21 heavy (non-hydrogen) atoms. The van der Waals surface area contributed by atoms with Gasteiger partial charge in [-0.05, 0) is 64.7 Å². The van der Waals surface area contributed by atoms with Crippen LogP contribution in [0.2, 0.25) is 0 Å². The Balaban J connectivity index is 2.19. The lowest BCUT2D eigenvalue weighted by molar-refractivity contribution is 0.242. The van der Waals surface area contributed by atoms with Crippen molar-refractivity contribution in [3.63, 3.8) is 0 Å². The van der Waals surface area contributed by atoms with Crippen LogP contribution < -0.4 is 4.72 Å². The summed E-state index contributed by atoms with van der Waals surface area (Å²) < 4.78 is 28.4. The van der Waals surface area contributed by atoms with Gasteiger partial charge in [-0.15, -0.1) is 0 Å². The SMILES string of the molecule is CC1CCC(NS(=O)(=O)c2cc(CO)ccc2Br)CC1C. The molecule has 0 aromatic heterocycles. The molecule has 1 aromatic rings. The molecule has 118 valence electrons. The lowest BCUT2D eigenvalue weighted by Gasteiger charge is -2.32. The van der Waals surface area contributed by atoms with Crippen LogP contribution in [0.3, 0.4) is 0 Å². The largest absolute Gasteiger partial charge is 0.392 e. The third-order valence-corrected chi connectivity index (χ3v) is 6.90. The van der Waals surface area contributed by atoms with E-state index in [4.69, 9.17) is 0 Å². The van der Waals surface area contributed by atoms with E-state index in [1.165, 1.54) is 6.07 Å². The van der Waals surface area contributed by atoms with E-state index >= 15 is 0 Å². The summed E-state index contributed by atoms with van der Waals surface area (Å²) in [5, 5.41) is 9.17. The van der Waals surface area contributed by atoms with Gasteiger partial charge in [0.05, 0.1) is 11.5 Å². The Kier molecular flexibility index (Phi) is 5.46. The molecule has 6 heteroatoms. The fourth-order valence-electron chi connectivity index (χ4n) is 2.79. The molecule has 0 radical (unpaired) electrons. The van der Waals surface area contributed by atoms with Crippen molar-refractivity contribution < 1.29 is 13.5 Å². The maximum atomic E-state index is 12.6. The maximum absolute atomic E-state index is 12.6. The van der Waals surface area contributed by atoms with E-state index in [9.17, 15) is 13.5 Å². The number of hydrogen-bond donors (Lipinski definition) is 2. The number of nitrogens with one attached hydrogen (secondary N) is 1. The molecule has 1 aliphatic rings. The summed E-state index contributed by atoms with van der Waals surface area (Å²) in [6.07, 6.45) is 2.80. The maximum Gasteiger partial charge on any atom is 0.241 e. The summed E-state index contributed by atoms with van der Waals surface area (Å²) in [7, 11) is -3.57. The van der Waals surface area contributed by atoms with Gasteiger partial charge in [0.15, 0.2) is 0 Å². The van der Waals surface area contributed by atoms with Gasteiger partial charge < -0.3 is 5.11 Å². The minimum absolute atomic E-state index is 0.00844. The lowest BCUT2D eigenvalue weighted by Crippen LogP contribution is -2.39. The van der Waals surface area contributed by atoms with Gasteiger partial charge in [0, 0.05) is 10.5 Å². The van der Waals surface area contributed by atoms with E-state index in [1.54, 1.807) is 12.1 Å². The first-order valence-corrected chi connectivity index (χ1v) is 9.52. The Morgan fingerprint density at radius 1 is 1.29 bits per heavy atom. The standard InChI is InChI=1S/C15H22BrNO3S/c1-10-3-5-13(7-11(10)2)17-21(19,20)15-8-12(9-18)4-6-14(15)16/h4,6,8,10-11,13,17-18H,3,5,7,9H2,1-2H3. The zero-order valence-corrected chi connectivity index (χ0v) is 14.7. The number of hydrogen-bond acceptors (Lipinski definition) is 3. The average molecular weight is 376 g/mol. The summed E-state index contributed by atoms with van der Waals surface area (Å²) >= 11 is 3.28. The van der Waals surface area contributed by atoms with Crippen LogP contribution in [0.15, 0.2) is 27.6 Å². The van der Waals surface area contributed by atoms with Crippen molar-refractivity contribution in [3.8, 4) is 0 Å². The fraction of sp³-hybridized carbons (Fsp3) is 0.600. The molecule has 3 unspecified atom stereocenters. The van der Waals surface area contributed by atoms with E-state index in [2.05, 4.69) is 34.5 Å². The first-order chi connectivity index (χ1) is 9.83. The lowest BCUT2D eigenvalue weighted by atomic mass is 9.79. The molecule has 1 aromatic carbocycles. The van der Waals surface area contributed by atoms with Crippen LogP contribution in [0, 0.1) is 11.8 Å². The smallest absolute Gasteiger partial charge is 0.241 e. The summed E-state index contributed by atoms with van der Waals surface area (Å²) in [5.74, 6) is 1.17. The third kappa shape index (κ3) is 4.06. The molecular formula is C15H22BrNO3S. The van der Waals surface area contributed by atoms with Crippen molar-refractivity contribution in [1.82, 2.24) is 4.72 Å². The van der Waals surface area contributed by atoms with E-state index in [-0.39, 0.29) is 17.5 Å². The number of halogens is 1.